The van der Waals surface area contributed by atoms with Crippen LogP contribution in [0.1, 0.15) is 37.5 Å². The number of aliphatic hydroxyl groups is 1. The van der Waals surface area contributed by atoms with Gasteiger partial charge in [0.25, 0.3) is 0 Å². The number of hydrogen-bond donors (Lipinski definition) is 3. The third-order valence-electron chi connectivity index (χ3n) is 4.44. The average molecular weight is 441 g/mol. The number of hydrogen-bond acceptors (Lipinski definition) is 5. The van der Waals surface area contributed by atoms with E-state index in [1.165, 1.54) is 0 Å². The van der Waals surface area contributed by atoms with Crippen molar-refractivity contribution < 1.29 is 9.84 Å². The number of aryl methyl sites for hydroxylation is 2. The molecule has 2 aromatic rings. The third kappa shape index (κ3) is 5.74. The van der Waals surface area contributed by atoms with Gasteiger partial charge in [0.05, 0.1) is 17.6 Å². The summed E-state index contributed by atoms with van der Waals surface area (Å²) in [4.78, 5) is 9.02. The zero-order valence-electron chi connectivity index (χ0n) is 16.5. The van der Waals surface area contributed by atoms with Crippen LogP contribution in [-0.2, 0) is 6.54 Å². The lowest BCUT2D eigenvalue weighted by Gasteiger charge is -2.25. The van der Waals surface area contributed by atoms with Gasteiger partial charge in [0.15, 0.2) is 5.96 Å². The molecule has 1 aromatic heterocycles. The Bertz CT molecular complexity index is 857. The summed E-state index contributed by atoms with van der Waals surface area (Å²) < 4.78 is 7.51. The second kappa shape index (κ2) is 10.1. The highest BCUT2D eigenvalue weighted by atomic mass is 35.5. The van der Waals surface area contributed by atoms with Crippen molar-refractivity contribution in [2.24, 2.45) is 4.99 Å². The molecule has 1 aromatic carbocycles. The molecule has 29 heavy (non-hydrogen) atoms. The van der Waals surface area contributed by atoms with E-state index < -0.39 is 6.10 Å². The Morgan fingerprint density at radius 2 is 2.28 bits per heavy atom. The fourth-order valence-electron chi connectivity index (χ4n) is 3.12. The predicted molar refractivity (Wildman–Crippen MR) is 114 cm³/mol. The highest BCUT2D eigenvalue weighted by molar-refractivity contribution is 6.42. The highest BCUT2D eigenvalue weighted by Crippen LogP contribution is 2.31. The molecule has 0 aliphatic carbocycles. The van der Waals surface area contributed by atoms with E-state index in [1.54, 1.807) is 18.2 Å². The highest BCUT2D eigenvalue weighted by Gasteiger charge is 2.24. The van der Waals surface area contributed by atoms with Crippen LogP contribution in [0.4, 0.5) is 0 Å². The van der Waals surface area contributed by atoms with Crippen molar-refractivity contribution in [1.29, 1.82) is 0 Å². The van der Waals surface area contributed by atoms with Crippen molar-refractivity contribution in [2.75, 3.05) is 19.7 Å². The van der Waals surface area contributed by atoms with E-state index >= 15 is 0 Å². The molecular weight excluding hydrogens is 415 g/mol. The van der Waals surface area contributed by atoms with Crippen LogP contribution in [-0.4, -0.2) is 51.6 Å². The summed E-state index contributed by atoms with van der Waals surface area (Å²) in [6.07, 6.45) is 1.17. The van der Waals surface area contributed by atoms with Gasteiger partial charge in [-0.25, -0.2) is 9.67 Å². The Morgan fingerprint density at radius 1 is 1.45 bits per heavy atom. The minimum absolute atomic E-state index is 0.0291. The summed E-state index contributed by atoms with van der Waals surface area (Å²) in [5.41, 5.74) is 0. The molecule has 0 spiro atoms. The van der Waals surface area contributed by atoms with Gasteiger partial charge in [-0.2, -0.15) is 5.10 Å². The Morgan fingerprint density at radius 3 is 3.07 bits per heavy atom. The van der Waals surface area contributed by atoms with E-state index in [0.29, 0.717) is 28.3 Å². The fourth-order valence-corrected chi connectivity index (χ4v) is 3.47. The fraction of sp³-hybridized carbons (Fsp3) is 0.526. The molecule has 2 unspecified atom stereocenters. The minimum Gasteiger partial charge on any atom is -0.489 e. The Balaban J connectivity index is 1.58. The molecular formula is C19H26Cl2N6O2. The molecule has 3 N–H and O–H groups in total. The molecule has 0 fully saturated rings. The Labute approximate surface area is 180 Å². The smallest absolute Gasteiger partial charge is 0.191 e. The molecule has 3 rings (SSSR count). The van der Waals surface area contributed by atoms with Crippen LogP contribution in [0.3, 0.4) is 0 Å². The van der Waals surface area contributed by atoms with Crippen LogP contribution >= 0.6 is 23.2 Å². The third-order valence-corrected chi connectivity index (χ3v) is 5.24. The summed E-state index contributed by atoms with van der Waals surface area (Å²) in [6.45, 7) is 5.70. The molecule has 0 bridgehead atoms. The molecule has 158 valence electrons. The maximum atomic E-state index is 10.3. The first-order valence-electron chi connectivity index (χ1n) is 9.69. The van der Waals surface area contributed by atoms with Crippen LogP contribution in [0.5, 0.6) is 5.75 Å². The number of nitrogens with zero attached hydrogens (tertiary/aromatic N) is 4. The normalized spacial score (nSPS) is 17.6. The van der Waals surface area contributed by atoms with Crippen LogP contribution in [0, 0.1) is 6.92 Å². The topological polar surface area (TPSA) is 96.6 Å². The number of nitrogens with one attached hydrogen (secondary N) is 2. The molecule has 0 amide bonds. The number of rotatable bonds is 7. The van der Waals surface area contributed by atoms with E-state index in [4.69, 9.17) is 27.9 Å². The van der Waals surface area contributed by atoms with E-state index in [1.807, 2.05) is 18.5 Å². The predicted octanol–water partition coefficient (Wildman–Crippen LogP) is 2.72. The van der Waals surface area contributed by atoms with Gasteiger partial charge < -0.3 is 20.5 Å². The van der Waals surface area contributed by atoms with Crippen LogP contribution < -0.4 is 15.4 Å². The lowest BCUT2D eigenvalue weighted by Crippen LogP contribution is -2.42. The van der Waals surface area contributed by atoms with E-state index in [-0.39, 0.29) is 19.2 Å². The number of guanidine groups is 1. The van der Waals surface area contributed by atoms with E-state index in [2.05, 4.69) is 25.7 Å². The average Bonchev–Trinajstić information content (AvgIpc) is 3.08. The summed E-state index contributed by atoms with van der Waals surface area (Å²) >= 11 is 12.1. The molecule has 2 atom stereocenters. The van der Waals surface area contributed by atoms with Crippen LogP contribution in [0.15, 0.2) is 23.2 Å². The second-order valence-corrected chi connectivity index (χ2v) is 7.60. The molecule has 0 saturated heterocycles. The van der Waals surface area contributed by atoms with Crippen LogP contribution in [0.25, 0.3) is 0 Å². The number of aliphatic imine (C=N–C) groups is 1. The molecule has 0 saturated carbocycles. The zero-order valence-corrected chi connectivity index (χ0v) is 18.0. The quantitative estimate of drug-likeness (QED) is 0.452. The first-order chi connectivity index (χ1) is 14.0. The van der Waals surface area contributed by atoms with Crippen LogP contribution in [0.2, 0.25) is 10.0 Å². The van der Waals surface area contributed by atoms with Crippen molar-refractivity contribution in [1.82, 2.24) is 25.4 Å². The second-order valence-electron chi connectivity index (χ2n) is 6.82. The SMILES string of the molecule is CCNC(=NCC(O)COc1cccc(Cl)c1Cl)NC1CCCn2nc(C)nc21. The van der Waals surface area contributed by atoms with Crippen molar-refractivity contribution >= 4 is 29.2 Å². The largest absolute Gasteiger partial charge is 0.489 e. The zero-order chi connectivity index (χ0) is 20.8. The molecule has 10 heteroatoms. The van der Waals surface area contributed by atoms with Crippen molar-refractivity contribution in [3.8, 4) is 5.75 Å². The van der Waals surface area contributed by atoms with Crippen molar-refractivity contribution in [2.45, 2.75) is 45.4 Å². The van der Waals surface area contributed by atoms with Gasteiger partial charge >= 0.3 is 0 Å². The number of aromatic nitrogens is 3. The van der Waals surface area contributed by atoms with E-state index in [9.17, 15) is 5.11 Å². The number of ether oxygens (including phenoxy) is 1. The maximum Gasteiger partial charge on any atom is 0.191 e. The van der Waals surface area contributed by atoms with Gasteiger partial charge in [0.2, 0.25) is 0 Å². The number of aliphatic hydroxyl groups excluding tert-OH is 1. The van der Waals surface area contributed by atoms with Gasteiger partial charge in [-0.15, -0.1) is 0 Å². The number of benzene rings is 1. The Hall–Kier alpha value is -2.03. The van der Waals surface area contributed by atoms with Gasteiger partial charge in [-0.3, -0.25) is 4.99 Å². The van der Waals surface area contributed by atoms with Crippen molar-refractivity contribution in [3.05, 3.63) is 39.9 Å². The maximum absolute atomic E-state index is 10.3. The molecule has 0 radical (unpaired) electrons. The summed E-state index contributed by atoms with van der Waals surface area (Å²) in [5, 5.41) is 22.0. The number of fused-ring (bicyclic) bond motifs is 1. The lowest BCUT2D eigenvalue weighted by atomic mass is 10.1. The van der Waals surface area contributed by atoms with E-state index in [0.717, 1.165) is 31.0 Å². The van der Waals surface area contributed by atoms with Gasteiger partial charge in [0, 0.05) is 13.1 Å². The van der Waals surface area contributed by atoms with Gasteiger partial charge in [-0.05, 0) is 38.8 Å². The summed E-state index contributed by atoms with van der Waals surface area (Å²) in [7, 11) is 0. The molecule has 1 aliphatic heterocycles. The first-order valence-corrected chi connectivity index (χ1v) is 10.4. The van der Waals surface area contributed by atoms with Crippen molar-refractivity contribution in [3.63, 3.8) is 0 Å². The Kier molecular flexibility index (Phi) is 7.57. The molecule has 8 nitrogen and oxygen atoms in total. The summed E-state index contributed by atoms with van der Waals surface area (Å²) in [5.74, 6) is 2.73. The minimum atomic E-state index is -0.794. The monoisotopic (exact) mass is 440 g/mol. The molecule has 2 heterocycles. The molecule has 1 aliphatic rings. The van der Waals surface area contributed by atoms with Gasteiger partial charge in [-0.1, -0.05) is 29.3 Å². The first kappa shape index (κ1) is 21.7. The van der Waals surface area contributed by atoms with Gasteiger partial charge in [0.1, 0.15) is 35.1 Å². The number of halogens is 2. The standard InChI is InChI=1S/C19H26Cl2N6O2/c1-3-22-19(25-15-7-5-9-27-18(15)24-12(2)26-27)23-10-13(28)11-29-16-8-4-6-14(20)17(16)21/h4,6,8,13,15,28H,3,5,7,9-11H2,1-2H3,(H2,22,23,25). The lowest BCUT2D eigenvalue weighted by molar-refractivity contribution is 0.114. The summed E-state index contributed by atoms with van der Waals surface area (Å²) in [6, 6.07) is 5.16.